The quantitative estimate of drug-likeness (QED) is 0.690. The average molecular weight is 379 g/mol. The highest BCUT2D eigenvalue weighted by atomic mass is 35.5. The molecule has 1 atom stereocenters. The number of amides is 1. The second-order valence-corrected chi connectivity index (χ2v) is 7.87. The molecule has 2 heterocycles. The minimum absolute atomic E-state index is 0.178. The lowest BCUT2D eigenvalue weighted by Gasteiger charge is -2.25. The van der Waals surface area contributed by atoms with Crippen LogP contribution in [0.1, 0.15) is 29.0 Å². The number of hydrogen-bond acceptors (Lipinski definition) is 5. The second kappa shape index (κ2) is 6.93. The van der Waals surface area contributed by atoms with Crippen molar-refractivity contribution in [1.29, 1.82) is 0 Å². The van der Waals surface area contributed by atoms with Crippen LogP contribution in [0.15, 0.2) is 41.8 Å². The highest BCUT2D eigenvalue weighted by Gasteiger charge is 2.23. The second-order valence-electron chi connectivity index (χ2n) is 5.29. The first kappa shape index (κ1) is 17.0. The number of carbonyl (C=O) groups excluding carboxylic acids is 1. The van der Waals surface area contributed by atoms with E-state index in [1.165, 1.54) is 22.7 Å². The zero-order chi connectivity index (χ0) is 17.3. The van der Waals surface area contributed by atoms with E-state index < -0.39 is 0 Å². The Balaban J connectivity index is 1.81. The van der Waals surface area contributed by atoms with Gasteiger partial charge in [-0.05, 0) is 25.1 Å². The van der Waals surface area contributed by atoms with Gasteiger partial charge in [-0.3, -0.25) is 4.79 Å². The van der Waals surface area contributed by atoms with E-state index in [9.17, 15) is 9.90 Å². The van der Waals surface area contributed by atoms with E-state index in [4.69, 9.17) is 11.6 Å². The number of hydrogen-bond donors (Lipinski definition) is 1. The van der Waals surface area contributed by atoms with E-state index in [2.05, 4.69) is 4.98 Å². The number of thiazole rings is 1. The highest BCUT2D eigenvalue weighted by Crippen LogP contribution is 2.34. The van der Waals surface area contributed by atoms with Gasteiger partial charge in [-0.1, -0.05) is 29.8 Å². The lowest BCUT2D eigenvalue weighted by molar-refractivity contribution is 0.0736. The van der Waals surface area contributed by atoms with Crippen LogP contribution in [0, 0.1) is 0 Å². The first-order valence-electron chi connectivity index (χ1n) is 7.23. The smallest absolute Gasteiger partial charge is 0.273 e. The number of rotatable bonds is 4. The first-order chi connectivity index (χ1) is 11.5. The number of thiophene rings is 1. The molecule has 1 N–H and O–H groups in total. The molecule has 0 bridgehead atoms. The van der Waals surface area contributed by atoms with Crippen molar-refractivity contribution in [2.24, 2.45) is 0 Å². The third-order valence-electron chi connectivity index (χ3n) is 3.80. The Morgan fingerprint density at radius 1 is 1.29 bits per heavy atom. The van der Waals surface area contributed by atoms with Gasteiger partial charge in [-0.2, -0.15) is 0 Å². The van der Waals surface area contributed by atoms with Gasteiger partial charge >= 0.3 is 0 Å². The zero-order valence-corrected chi connectivity index (χ0v) is 15.5. The number of benzene rings is 1. The van der Waals surface area contributed by atoms with Gasteiger partial charge in [-0.25, -0.2) is 4.98 Å². The van der Waals surface area contributed by atoms with Crippen molar-refractivity contribution in [3.63, 3.8) is 0 Å². The highest BCUT2D eigenvalue weighted by molar-refractivity contribution is 7.23. The number of aromatic hydroxyl groups is 1. The van der Waals surface area contributed by atoms with Crippen LogP contribution in [-0.2, 0) is 0 Å². The fraction of sp³-hybridized carbons (Fsp3) is 0.176. The fourth-order valence-corrected chi connectivity index (χ4v) is 4.23. The molecule has 2 aromatic heterocycles. The number of aromatic nitrogens is 1. The molecule has 0 aliphatic carbocycles. The van der Waals surface area contributed by atoms with E-state index in [0.29, 0.717) is 15.6 Å². The molecule has 0 aliphatic heterocycles. The van der Waals surface area contributed by atoms with E-state index in [0.717, 1.165) is 9.88 Å². The third-order valence-corrected chi connectivity index (χ3v) is 6.04. The predicted molar refractivity (Wildman–Crippen MR) is 99.1 cm³/mol. The van der Waals surface area contributed by atoms with Crippen LogP contribution in [0.2, 0.25) is 4.34 Å². The summed E-state index contributed by atoms with van der Waals surface area (Å²) in [6, 6.07) is 10.5. The van der Waals surface area contributed by atoms with Crippen LogP contribution < -0.4 is 0 Å². The molecule has 0 saturated heterocycles. The van der Waals surface area contributed by atoms with Crippen LogP contribution in [0.4, 0.5) is 0 Å². The summed E-state index contributed by atoms with van der Waals surface area (Å²) >= 11 is 8.80. The van der Waals surface area contributed by atoms with E-state index >= 15 is 0 Å². The molecule has 0 aliphatic rings. The number of halogens is 1. The van der Waals surface area contributed by atoms with E-state index in [1.54, 1.807) is 29.5 Å². The molecular formula is C17H15ClN2O2S2. The van der Waals surface area contributed by atoms with E-state index in [1.807, 2.05) is 31.2 Å². The molecule has 0 spiro atoms. The van der Waals surface area contributed by atoms with Gasteiger partial charge in [0, 0.05) is 18.0 Å². The Morgan fingerprint density at radius 2 is 2.04 bits per heavy atom. The summed E-state index contributed by atoms with van der Waals surface area (Å²) < 4.78 is 0.693. The molecule has 24 heavy (non-hydrogen) atoms. The summed E-state index contributed by atoms with van der Waals surface area (Å²) in [5.41, 5.74) is 1.10. The van der Waals surface area contributed by atoms with Crippen molar-refractivity contribution in [2.45, 2.75) is 13.0 Å². The van der Waals surface area contributed by atoms with Crippen LogP contribution in [0.3, 0.4) is 0 Å². The summed E-state index contributed by atoms with van der Waals surface area (Å²) in [7, 11) is 1.71. The maximum absolute atomic E-state index is 12.7. The SMILES string of the molecule is C[C@@H](c1ccccc1O)N(C)C(=O)c1csc(-c2ccc(Cl)s2)n1. The van der Waals surface area contributed by atoms with Gasteiger partial charge in [0.1, 0.15) is 16.5 Å². The first-order valence-corrected chi connectivity index (χ1v) is 9.31. The van der Waals surface area contributed by atoms with Gasteiger partial charge in [-0.15, -0.1) is 22.7 Å². The molecule has 1 amide bonds. The summed E-state index contributed by atoms with van der Waals surface area (Å²) in [4.78, 5) is 19.6. The average Bonchev–Trinajstić information content (AvgIpc) is 3.22. The van der Waals surface area contributed by atoms with Crippen molar-refractivity contribution < 1.29 is 9.90 Å². The Labute approximate surface area is 153 Å². The minimum atomic E-state index is -0.264. The standard InChI is InChI=1S/C17H15ClN2O2S2/c1-10(11-5-3-4-6-13(11)21)20(2)17(22)12-9-23-16(19-12)14-7-8-15(18)24-14/h3-10,21H,1-2H3/t10-/m0/s1. The predicted octanol–water partition coefficient (Wildman–Crippen LogP) is 5.06. The molecule has 4 nitrogen and oxygen atoms in total. The number of carbonyl (C=O) groups is 1. The zero-order valence-electron chi connectivity index (χ0n) is 13.1. The van der Waals surface area contributed by atoms with Crippen molar-refractivity contribution >= 4 is 40.2 Å². The maximum Gasteiger partial charge on any atom is 0.273 e. The normalized spacial score (nSPS) is 12.1. The molecule has 0 fully saturated rings. The Bertz CT molecular complexity index is 875. The number of para-hydroxylation sites is 1. The molecule has 3 aromatic rings. The van der Waals surface area contributed by atoms with Gasteiger partial charge in [0.2, 0.25) is 0 Å². The molecule has 0 saturated carbocycles. The van der Waals surface area contributed by atoms with Gasteiger partial charge in [0.25, 0.3) is 5.91 Å². The van der Waals surface area contributed by atoms with Gasteiger partial charge < -0.3 is 10.0 Å². The molecule has 124 valence electrons. The molecule has 0 unspecified atom stereocenters. The number of nitrogens with zero attached hydrogens (tertiary/aromatic N) is 2. The summed E-state index contributed by atoms with van der Waals surface area (Å²) in [6.45, 7) is 1.87. The lowest BCUT2D eigenvalue weighted by Crippen LogP contribution is -2.29. The number of phenols is 1. The molecule has 7 heteroatoms. The fourth-order valence-electron chi connectivity index (χ4n) is 2.32. The van der Waals surface area contributed by atoms with Crippen LogP contribution in [0.5, 0.6) is 5.75 Å². The Kier molecular flexibility index (Phi) is 4.89. The van der Waals surface area contributed by atoms with Crippen LogP contribution in [-0.4, -0.2) is 27.9 Å². The molecular weight excluding hydrogens is 364 g/mol. The maximum atomic E-state index is 12.7. The van der Waals surface area contributed by atoms with Crippen molar-refractivity contribution in [1.82, 2.24) is 9.88 Å². The minimum Gasteiger partial charge on any atom is -0.508 e. The van der Waals surface area contributed by atoms with Crippen molar-refractivity contribution in [3.8, 4) is 15.6 Å². The van der Waals surface area contributed by atoms with Gasteiger partial charge in [0.15, 0.2) is 0 Å². The third kappa shape index (κ3) is 3.31. The van der Waals surface area contributed by atoms with Crippen LogP contribution >= 0.6 is 34.3 Å². The summed E-state index contributed by atoms with van der Waals surface area (Å²) in [5, 5.41) is 12.5. The lowest BCUT2D eigenvalue weighted by atomic mass is 10.1. The molecule has 0 radical (unpaired) electrons. The number of phenolic OH excluding ortho intramolecular Hbond substituents is 1. The topological polar surface area (TPSA) is 53.4 Å². The summed E-state index contributed by atoms with van der Waals surface area (Å²) in [5.74, 6) is -0.00671. The van der Waals surface area contributed by atoms with Crippen LogP contribution in [0.25, 0.3) is 9.88 Å². The van der Waals surface area contributed by atoms with Gasteiger partial charge in [0.05, 0.1) is 15.3 Å². The van der Waals surface area contributed by atoms with E-state index in [-0.39, 0.29) is 17.7 Å². The van der Waals surface area contributed by atoms with Crippen molar-refractivity contribution in [2.75, 3.05) is 7.05 Å². The Hall–Kier alpha value is -1.89. The Morgan fingerprint density at radius 3 is 2.71 bits per heavy atom. The largest absolute Gasteiger partial charge is 0.508 e. The van der Waals surface area contributed by atoms with Crippen molar-refractivity contribution in [3.05, 3.63) is 57.4 Å². The summed E-state index contributed by atoms with van der Waals surface area (Å²) in [6.07, 6.45) is 0. The molecule has 1 aromatic carbocycles. The molecule has 3 rings (SSSR count). The monoisotopic (exact) mass is 378 g/mol.